The van der Waals surface area contributed by atoms with Crippen molar-refractivity contribution in [1.29, 1.82) is 0 Å². The first-order chi connectivity index (χ1) is 12.3. The molecule has 3 rings (SSSR count). The van der Waals surface area contributed by atoms with Gasteiger partial charge in [0.05, 0.1) is 12.9 Å². The van der Waals surface area contributed by atoms with Crippen LogP contribution < -0.4 is 5.32 Å². The summed E-state index contributed by atoms with van der Waals surface area (Å²) in [7, 11) is 2.11. The molecule has 2 aromatic heterocycles. The molecule has 25 heavy (non-hydrogen) atoms. The first-order valence-corrected chi connectivity index (χ1v) is 9.81. The Morgan fingerprint density at radius 1 is 1.36 bits per heavy atom. The van der Waals surface area contributed by atoms with Gasteiger partial charge in [0.2, 0.25) is 0 Å². The molecule has 1 N–H and O–H groups in total. The second kappa shape index (κ2) is 9.63. The third kappa shape index (κ3) is 5.90. The number of nitrogens with zero attached hydrogens (tertiary/aromatic N) is 2. The Labute approximate surface area is 153 Å². The Bertz CT molecular complexity index is 619. The van der Waals surface area contributed by atoms with Crippen molar-refractivity contribution in [3.8, 4) is 0 Å². The van der Waals surface area contributed by atoms with Crippen LogP contribution in [-0.4, -0.2) is 50.8 Å². The maximum Gasteiger partial charge on any atom is 0.193 e. The SMILES string of the molecule is CN(CC1CCOC1)C(=NCCc1cccs1)NCCc1ccco1. The zero-order valence-electron chi connectivity index (χ0n) is 14.8. The van der Waals surface area contributed by atoms with Gasteiger partial charge in [-0.2, -0.15) is 0 Å². The number of nitrogens with one attached hydrogen (secondary N) is 1. The zero-order valence-corrected chi connectivity index (χ0v) is 15.6. The van der Waals surface area contributed by atoms with Crippen molar-refractivity contribution in [2.75, 3.05) is 39.9 Å². The Balaban J connectivity index is 1.53. The highest BCUT2D eigenvalue weighted by atomic mass is 32.1. The van der Waals surface area contributed by atoms with Crippen LogP contribution in [0.4, 0.5) is 0 Å². The fraction of sp³-hybridized carbons (Fsp3) is 0.526. The lowest BCUT2D eigenvalue weighted by Gasteiger charge is -2.25. The highest BCUT2D eigenvalue weighted by Gasteiger charge is 2.19. The number of aliphatic imine (C=N–C) groups is 1. The molecule has 5 nitrogen and oxygen atoms in total. The van der Waals surface area contributed by atoms with E-state index in [9.17, 15) is 0 Å². The first-order valence-electron chi connectivity index (χ1n) is 8.93. The lowest BCUT2D eigenvalue weighted by atomic mass is 10.1. The maximum absolute atomic E-state index is 5.50. The van der Waals surface area contributed by atoms with E-state index in [1.165, 1.54) is 4.88 Å². The molecule has 6 heteroatoms. The molecule has 0 aromatic carbocycles. The van der Waals surface area contributed by atoms with E-state index < -0.39 is 0 Å². The molecule has 0 radical (unpaired) electrons. The number of hydrogen-bond donors (Lipinski definition) is 1. The van der Waals surface area contributed by atoms with Gasteiger partial charge < -0.3 is 19.4 Å². The molecular formula is C19H27N3O2S. The Morgan fingerprint density at radius 2 is 2.32 bits per heavy atom. The molecule has 1 saturated heterocycles. The van der Waals surface area contributed by atoms with Gasteiger partial charge in [-0.05, 0) is 30.0 Å². The molecule has 1 fully saturated rings. The Kier molecular flexibility index (Phi) is 6.94. The molecule has 1 aliphatic heterocycles. The molecule has 1 aliphatic rings. The van der Waals surface area contributed by atoms with Gasteiger partial charge in [0.1, 0.15) is 5.76 Å². The standard InChI is InChI=1S/C19H27N3O2S/c1-22(14-16-8-12-23-15-16)19(20-9-6-17-4-2-11-24-17)21-10-7-18-5-3-13-25-18/h2-5,11,13,16H,6-10,12,14-15H2,1H3,(H,20,21). The second-order valence-electron chi connectivity index (χ2n) is 6.40. The van der Waals surface area contributed by atoms with Crippen molar-refractivity contribution in [2.24, 2.45) is 10.9 Å². The molecular weight excluding hydrogens is 334 g/mol. The van der Waals surface area contributed by atoms with E-state index in [0.717, 1.165) is 63.8 Å². The third-order valence-corrected chi connectivity index (χ3v) is 5.29. The largest absolute Gasteiger partial charge is 0.469 e. The van der Waals surface area contributed by atoms with Gasteiger partial charge in [-0.15, -0.1) is 11.3 Å². The van der Waals surface area contributed by atoms with Gasteiger partial charge in [-0.3, -0.25) is 4.99 Å². The lowest BCUT2D eigenvalue weighted by molar-refractivity contribution is 0.181. The molecule has 136 valence electrons. The number of ether oxygens (including phenoxy) is 1. The van der Waals surface area contributed by atoms with E-state index in [4.69, 9.17) is 14.1 Å². The Morgan fingerprint density at radius 3 is 3.04 bits per heavy atom. The van der Waals surface area contributed by atoms with Crippen LogP contribution in [0.1, 0.15) is 17.1 Å². The van der Waals surface area contributed by atoms with Crippen LogP contribution in [0, 0.1) is 5.92 Å². The van der Waals surface area contributed by atoms with Crippen molar-refractivity contribution < 1.29 is 9.15 Å². The summed E-state index contributed by atoms with van der Waals surface area (Å²) < 4.78 is 10.9. The summed E-state index contributed by atoms with van der Waals surface area (Å²) in [6.45, 7) is 4.34. The van der Waals surface area contributed by atoms with Crippen LogP contribution in [0.25, 0.3) is 0 Å². The molecule has 0 spiro atoms. The number of thiophene rings is 1. The van der Waals surface area contributed by atoms with E-state index in [1.807, 2.05) is 12.1 Å². The lowest BCUT2D eigenvalue weighted by Crippen LogP contribution is -2.42. The third-order valence-electron chi connectivity index (χ3n) is 4.35. The van der Waals surface area contributed by atoms with Gasteiger partial charge in [-0.1, -0.05) is 6.07 Å². The van der Waals surface area contributed by atoms with Crippen molar-refractivity contribution in [2.45, 2.75) is 19.3 Å². The molecule has 0 bridgehead atoms. The van der Waals surface area contributed by atoms with E-state index in [-0.39, 0.29) is 0 Å². The van der Waals surface area contributed by atoms with E-state index in [0.29, 0.717) is 5.92 Å². The summed E-state index contributed by atoms with van der Waals surface area (Å²) in [4.78, 5) is 8.44. The number of rotatable bonds is 8. The minimum Gasteiger partial charge on any atom is -0.469 e. The highest BCUT2D eigenvalue weighted by Crippen LogP contribution is 2.13. The fourth-order valence-electron chi connectivity index (χ4n) is 2.99. The average Bonchev–Trinajstić information content (AvgIpc) is 3.37. The minimum atomic E-state index is 0.597. The predicted octanol–water partition coefficient (Wildman–Crippen LogP) is 3.04. The molecule has 0 amide bonds. The first kappa shape index (κ1) is 18.0. The van der Waals surface area contributed by atoms with Gasteiger partial charge in [0.25, 0.3) is 0 Å². The maximum atomic E-state index is 5.50. The van der Waals surface area contributed by atoms with Gasteiger partial charge in [0.15, 0.2) is 5.96 Å². The molecule has 0 aliphatic carbocycles. The van der Waals surface area contributed by atoms with Crippen molar-refractivity contribution in [3.05, 3.63) is 46.5 Å². The second-order valence-corrected chi connectivity index (χ2v) is 7.43. The average molecular weight is 362 g/mol. The predicted molar refractivity (Wildman–Crippen MR) is 102 cm³/mol. The van der Waals surface area contributed by atoms with Crippen LogP contribution >= 0.6 is 11.3 Å². The monoisotopic (exact) mass is 361 g/mol. The van der Waals surface area contributed by atoms with E-state index in [2.05, 4.69) is 34.8 Å². The summed E-state index contributed by atoms with van der Waals surface area (Å²) in [6.07, 6.45) is 4.70. The molecule has 2 aromatic rings. The summed E-state index contributed by atoms with van der Waals surface area (Å²) >= 11 is 1.79. The normalized spacial score (nSPS) is 17.8. The van der Waals surface area contributed by atoms with Gasteiger partial charge in [0, 0.05) is 56.9 Å². The summed E-state index contributed by atoms with van der Waals surface area (Å²) in [5, 5.41) is 5.61. The molecule has 0 saturated carbocycles. The van der Waals surface area contributed by atoms with Crippen molar-refractivity contribution >= 4 is 17.3 Å². The van der Waals surface area contributed by atoms with Crippen molar-refractivity contribution in [1.82, 2.24) is 10.2 Å². The van der Waals surface area contributed by atoms with E-state index in [1.54, 1.807) is 17.6 Å². The number of hydrogen-bond acceptors (Lipinski definition) is 4. The van der Waals surface area contributed by atoms with Crippen LogP contribution in [0.3, 0.4) is 0 Å². The van der Waals surface area contributed by atoms with Crippen LogP contribution in [-0.2, 0) is 17.6 Å². The van der Waals surface area contributed by atoms with Crippen LogP contribution in [0.5, 0.6) is 0 Å². The minimum absolute atomic E-state index is 0.597. The Hall–Kier alpha value is -1.79. The quantitative estimate of drug-likeness (QED) is 0.580. The molecule has 3 heterocycles. The van der Waals surface area contributed by atoms with Crippen molar-refractivity contribution in [3.63, 3.8) is 0 Å². The smallest absolute Gasteiger partial charge is 0.193 e. The van der Waals surface area contributed by atoms with Gasteiger partial charge in [-0.25, -0.2) is 0 Å². The summed E-state index contributed by atoms with van der Waals surface area (Å²) in [6, 6.07) is 8.20. The highest BCUT2D eigenvalue weighted by molar-refractivity contribution is 7.09. The van der Waals surface area contributed by atoms with Crippen LogP contribution in [0.2, 0.25) is 0 Å². The molecule has 1 unspecified atom stereocenters. The topological polar surface area (TPSA) is 50.0 Å². The van der Waals surface area contributed by atoms with E-state index >= 15 is 0 Å². The van der Waals surface area contributed by atoms with Gasteiger partial charge >= 0.3 is 0 Å². The zero-order chi connectivity index (χ0) is 17.3. The summed E-state index contributed by atoms with van der Waals surface area (Å²) in [5.74, 6) is 2.56. The summed E-state index contributed by atoms with van der Waals surface area (Å²) in [5.41, 5.74) is 0. The number of guanidine groups is 1. The number of furan rings is 1. The molecule has 1 atom stereocenters. The van der Waals surface area contributed by atoms with Crippen LogP contribution in [0.15, 0.2) is 45.3 Å². The fourth-order valence-corrected chi connectivity index (χ4v) is 3.69.